The molecule has 19 heteroatoms. The number of piperidine rings is 2. The van der Waals surface area contributed by atoms with E-state index >= 15 is 8.78 Å². The van der Waals surface area contributed by atoms with Crippen LogP contribution in [0.3, 0.4) is 0 Å². The molecule has 3 N–H and O–H groups in total. The van der Waals surface area contributed by atoms with Crippen molar-refractivity contribution < 1.29 is 32.7 Å². The number of nitrogens with one attached hydrogen (secondary N) is 3. The fraction of sp³-hybridized carbons (Fsp3) is 0.522. The van der Waals surface area contributed by atoms with Gasteiger partial charge in [-0.3, -0.25) is 34.4 Å². The highest BCUT2D eigenvalue weighted by molar-refractivity contribution is 6.35. The van der Waals surface area contributed by atoms with Crippen LogP contribution in [-0.2, 0) is 22.5 Å². The van der Waals surface area contributed by atoms with E-state index in [2.05, 4.69) is 42.9 Å². The molecule has 1 spiro atoms. The number of methoxy groups -OCH3 is 1. The van der Waals surface area contributed by atoms with Crippen LogP contribution >= 0.6 is 11.6 Å². The Morgan fingerprint density at radius 1 is 0.969 bits per heavy atom. The lowest BCUT2D eigenvalue weighted by molar-refractivity contribution is -0.231. The summed E-state index contributed by atoms with van der Waals surface area (Å²) in [5, 5.41) is 13.9. The summed E-state index contributed by atoms with van der Waals surface area (Å²) in [5.74, 6) is -3.02. The summed E-state index contributed by atoms with van der Waals surface area (Å²) in [6.45, 7) is 4.98. The van der Waals surface area contributed by atoms with E-state index in [-0.39, 0.29) is 55.4 Å². The van der Waals surface area contributed by atoms with Crippen molar-refractivity contribution in [3.05, 3.63) is 75.6 Å². The number of aryl methyl sites for hydroxylation is 1. The largest absolute Gasteiger partial charge is 0.385 e. The summed E-state index contributed by atoms with van der Waals surface area (Å²) in [4.78, 5) is 65.3. The van der Waals surface area contributed by atoms with Crippen LogP contribution in [0.4, 0.5) is 36.5 Å². The van der Waals surface area contributed by atoms with E-state index < -0.39 is 17.4 Å². The van der Waals surface area contributed by atoms with Gasteiger partial charge in [-0.1, -0.05) is 23.7 Å². The molecule has 2 atom stereocenters. The number of rotatable bonds is 10. The van der Waals surface area contributed by atoms with Gasteiger partial charge in [-0.2, -0.15) is 0 Å². The molecular weight excluding hydrogens is 860 g/mol. The number of anilines is 4. The van der Waals surface area contributed by atoms with E-state index in [9.17, 15) is 19.2 Å². The van der Waals surface area contributed by atoms with Gasteiger partial charge in [0.15, 0.2) is 17.2 Å². The van der Waals surface area contributed by atoms with Crippen molar-refractivity contribution in [1.29, 1.82) is 0 Å². The predicted molar refractivity (Wildman–Crippen MR) is 240 cm³/mol. The maximum atomic E-state index is 16.3. The summed E-state index contributed by atoms with van der Waals surface area (Å²) >= 11 is 6.57. The fourth-order valence-electron chi connectivity index (χ4n) is 10.9. The summed E-state index contributed by atoms with van der Waals surface area (Å²) in [5.41, 5.74) is 5.25. The van der Waals surface area contributed by atoms with Crippen molar-refractivity contribution >= 4 is 63.9 Å². The van der Waals surface area contributed by atoms with Crippen LogP contribution in [0, 0.1) is 12.3 Å². The lowest BCUT2D eigenvalue weighted by atomic mass is 9.68. The number of ether oxygens (including phenoxy) is 1. The van der Waals surface area contributed by atoms with Gasteiger partial charge in [0.05, 0.1) is 46.7 Å². The molecule has 16 nitrogen and oxygen atoms in total. The standard InChI is InChI=1S/C46H54ClF2N11O5/c1-27-19-29(20-35(40(27)47)59-17-12-39(61)53-44(59)64)43(63)56-14-9-30(10-15-56)57-18-13-45(46(48,49)26-57)24-55(25-45)23-28-5-4-6-34-31(28)11-16-58(34)38-21-33(50-2)41-51-22-36(60(41)54-38)42(62)52-32-7-8-37(32)65-3/h4-6,19-22,30,32,37,50H,7-18,23-26H2,1-3H3,(H,52,62)(H,53,61,64)/t32-,37-/m1/s1. The number of likely N-dealkylation sites (tertiary alicyclic amines) is 3. The minimum atomic E-state index is -2.87. The summed E-state index contributed by atoms with van der Waals surface area (Å²) in [6.07, 6.45) is 5.78. The fourth-order valence-corrected chi connectivity index (χ4v) is 11.1. The van der Waals surface area contributed by atoms with Gasteiger partial charge < -0.3 is 25.2 Å². The molecule has 65 heavy (non-hydrogen) atoms. The van der Waals surface area contributed by atoms with Crippen LogP contribution in [0.1, 0.15) is 76.1 Å². The highest BCUT2D eigenvalue weighted by Gasteiger charge is 2.62. The average molecular weight is 914 g/mol. The SMILES string of the molecule is CNc1cc(N2CCc3c(CN4CC5(CCN(C6CCN(C(=O)c7cc(C)c(Cl)c(N8CCC(=O)NC8=O)c7)CC6)CC5(F)F)C4)cccc32)nn2c(C(=O)N[C@@H]3CC[C@H]3OC)cnc12. The third-order valence-corrected chi connectivity index (χ3v) is 15.3. The van der Waals surface area contributed by atoms with Crippen molar-refractivity contribution in [2.24, 2.45) is 5.41 Å². The molecule has 5 aliphatic heterocycles. The molecule has 5 fully saturated rings. The van der Waals surface area contributed by atoms with Gasteiger partial charge in [0, 0.05) is 89.8 Å². The Morgan fingerprint density at radius 3 is 2.46 bits per heavy atom. The number of imidazole rings is 1. The Labute approximate surface area is 380 Å². The predicted octanol–water partition coefficient (Wildman–Crippen LogP) is 5.23. The Hall–Kier alpha value is -5.43. The molecule has 344 valence electrons. The summed E-state index contributed by atoms with van der Waals surface area (Å²) in [6, 6.07) is 10.7. The first-order valence-electron chi connectivity index (χ1n) is 22.6. The van der Waals surface area contributed by atoms with Gasteiger partial charge >= 0.3 is 6.03 Å². The number of imide groups is 1. The Kier molecular flexibility index (Phi) is 11.2. The molecular formula is C46H54ClF2N11O5. The molecule has 10 rings (SSSR count). The second-order valence-electron chi connectivity index (χ2n) is 18.5. The number of carbonyl (C=O) groups excluding carboxylic acids is 4. The first-order valence-corrected chi connectivity index (χ1v) is 23.0. The number of urea groups is 1. The molecule has 4 aromatic rings. The topological polar surface area (TPSA) is 160 Å². The van der Waals surface area contributed by atoms with E-state index in [0.717, 1.165) is 36.2 Å². The van der Waals surface area contributed by atoms with Crippen LogP contribution in [0.2, 0.25) is 5.02 Å². The zero-order valence-electron chi connectivity index (χ0n) is 36.8. The second kappa shape index (κ2) is 16.8. The second-order valence-corrected chi connectivity index (χ2v) is 18.9. The van der Waals surface area contributed by atoms with E-state index in [1.165, 1.54) is 10.5 Å². The minimum absolute atomic E-state index is 0.00371. The maximum absolute atomic E-state index is 16.3. The number of alkyl halides is 2. The molecule has 0 radical (unpaired) electrons. The van der Waals surface area contributed by atoms with E-state index in [1.54, 1.807) is 41.8 Å². The van der Waals surface area contributed by atoms with Crippen molar-refractivity contribution in [2.45, 2.75) is 82.5 Å². The molecule has 2 aromatic carbocycles. The first-order chi connectivity index (χ1) is 31.3. The third kappa shape index (κ3) is 7.65. The third-order valence-electron chi connectivity index (χ3n) is 14.8. The zero-order chi connectivity index (χ0) is 45.4. The van der Waals surface area contributed by atoms with Gasteiger partial charge in [0.25, 0.3) is 17.7 Å². The number of halogens is 3. The molecule has 6 aliphatic rings. The molecule has 0 unspecified atom stereocenters. The van der Waals surface area contributed by atoms with E-state index in [1.807, 2.05) is 24.1 Å². The number of carbonyl (C=O) groups is 4. The summed E-state index contributed by atoms with van der Waals surface area (Å²) in [7, 11) is 3.47. The number of hydrogen-bond acceptors (Lipinski definition) is 11. The molecule has 4 saturated heterocycles. The van der Waals surface area contributed by atoms with Crippen molar-refractivity contribution in [2.75, 3.05) is 81.6 Å². The van der Waals surface area contributed by atoms with Crippen molar-refractivity contribution in [3.63, 3.8) is 0 Å². The Bertz CT molecular complexity index is 2580. The quantitative estimate of drug-likeness (QED) is 0.191. The van der Waals surface area contributed by atoms with Gasteiger partial charge in [0.1, 0.15) is 0 Å². The smallest absolute Gasteiger partial charge is 0.328 e. The van der Waals surface area contributed by atoms with Crippen LogP contribution in [0.25, 0.3) is 5.65 Å². The van der Waals surface area contributed by atoms with Gasteiger partial charge in [-0.25, -0.2) is 23.1 Å². The highest BCUT2D eigenvalue weighted by atomic mass is 35.5. The molecule has 7 heterocycles. The molecule has 2 aromatic heterocycles. The average Bonchev–Trinajstić information content (AvgIpc) is 3.91. The first kappa shape index (κ1) is 43.5. The van der Waals surface area contributed by atoms with E-state index in [0.29, 0.717) is 104 Å². The minimum Gasteiger partial charge on any atom is -0.385 e. The van der Waals surface area contributed by atoms with Gasteiger partial charge in [0.2, 0.25) is 5.91 Å². The number of benzene rings is 2. The monoisotopic (exact) mass is 913 g/mol. The van der Waals surface area contributed by atoms with Crippen LogP contribution in [0.5, 0.6) is 0 Å². The molecule has 5 amide bonds. The lowest BCUT2D eigenvalue weighted by Gasteiger charge is -2.58. The number of amides is 5. The Balaban J connectivity index is 0.757. The number of fused-ring (bicyclic) bond motifs is 2. The van der Waals surface area contributed by atoms with Crippen LogP contribution < -0.4 is 25.8 Å². The van der Waals surface area contributed by atoms with Crippen LogP contribution in [0.15, 0.2) is 42.6 Å². The number of nitrogens with zero attached hydrogens (tertiary/aromatic N) is 8. The van der Waals surface area contributed by atoms with E-state index in [4.69, 9.17) is 21.4 Å². The Morgan fingerprint density at radius 2 is 1.75 bits per heavy atom. The lowest BCUT2D eigenvalue weighted by Crippen LogP contribution is -2.70. The molecule has 1 saturated carbocycles. The summed E-state index contributed by atoms with van der Waals surface area (Å²) < 4.78 is 39.7. The highest BCUT2D eigenvalue weighted by Crippen LogP contribution is 2.51. The number of aromatic nitrogens is 3. The molecule has 0 bridgehead atoms. The van der Waals surface area contributed by atoms with Crippen LogP contribution in [-0.4, -0.2) is 144 Å². The van der Waals surface area contributed by atoms with Gasteiger partial charge in [-0.05, 0) is 86.9 Å². The maximum Gasteiger partial charge on any atom is 0.328 e. The number of hydrogen-bond donors (Lipinski definition) is 3. The normalized spacial score (nSPS) is 23.3. The zero-order valence-corrected chi connectivity index (χ0v) is 37.6. The van der Waals surface area contributed by atoms with Crippen molar-refractivity contribution in [3.8, 4) is 0 Å². The van der Waals surface area contributed by atoms with Gasteiger partial charge in [-0.15, -0.1) is 5.10 Å². The van der Waals surface area contributed by atoms with Crippen molar-refractivity contribution in [1.82, 2.24) is 39.9 Å². The molecule has 1 aliphatic carbocycles.